The molecular weight excluding hydrogens is 236 g/mol. The number of anilines is 2. The number of hydrogen-bond donors (Lipinski definition) is 2. The van der Waals surface area contributed by atoms with Crippen molar-refractivity contribution in [3.63, 3.8) is 0 Å². The molecule has 1 aliphatic rings. The van der Waals surface area contributed by atoms with Crippen LogP contribution in [0.3, 0.4) is 0 Å². The number of nitrogens with zero attached hydrogens (tertiary/aromatic N) is 2. The Morgan fingerprint density at radius 3 is 3.00 bits per heavy atom. The summed E-state index contributed by atoms with van der Waals surface area (Å²) in [5.41, 5.74) is 7.54. The third kappa shape index (κ3) is 2.48. The van der Waals surface area contributed by atoms with Gasteiger partial charge in [-0.3, -0.25) is 0 Å². The van der Waals surface area contributed by atoms with Gasteiger partial charge in [0.05, 0.1) is 5.52 Å². The lowest BCUT2D eigenvalue weighted by Crippen LogP contribution is -2.17. The molecule has 3 N–H and O–H groups in total. The summed E-state index contributed by atoms with van der Waals surface area (Å²) in [6, 6.07) is 5.75. The molecule has 1 aromatic carbocycles. The summed E-state index contributed by atoms with van der Waals surface area (Å²) in [6.45, 7) is 3.33. The molecule has 19 heavy (non-hydrogen) atoms. The molecule has 0 radical (unpaired) electrons. The van der Waals surface area contributed by atoms with Crippen LogP contribution in [0.1, 0.15) is 26.2 Å². The van der Waals surface area contributed by atoms with Crippen LogP contribution >= 0.6 is 0 Å². The summed E-state index contributed by atoms with van der Waals surface area (Å²) in [5, 5.41) is 4.49. The Labute approximate surface area is 113 Å². The molecule has 1 fully saturated rings. The van der Waals surface area contributed by atoms with Gasteiger partial charge in [0.1, 0.15) is 12.1 Å². The third-order valence-electron chi connectivity index (χ3n) is 4.23. The highest BCUT2D eigenvalue weighted by Gasteiger charge is 2.23. The van der Waals surface area contributed by atoms with Crippen LogP contribution < -0.4 is 11.1 Å². The molecule has 3 rings (SSSR count). The van der Waals surface area contributed by atoms with Gasteiger partial charge in [-0.05, 0) is 36.5 Å². The lowest BCUT2D eigenvalue weighted by molar-refractivity contribution is 0.439. The topological polar surface area (TPSA) is 63.8 Å². The SMILES string of the molecule is CC1CCCC1CNc1ncnc2ccc(N)cc12. The van der Waals surface area contributed by atoms with Crippen molar-refractivity contribution in [2.45, 2.75) is 26.2 Å². The molecule has 100 valence electrons. The van der Waals surface area contributed by atoms with Crippen molar-refractivity contribution in [2.24, 2.45) is 11.8 Å². The van der Waals surface area contributed by atoms with Crippen LogP contribution in [0.2, 0.25) is 0 Å². The van der Waals surface area contributed by atoms with Gasteiger partial charge in [0.15, 0.2) is 0 Å². The normalized spacial score (nSPS) is 22.8. The molecule has 0 aliphatic heterocycles. The zero-order valence-corrected chi connectivity index (χ0v) is 11.3. The third-order valence-corrected chi connectivity index (χ3v) is 4.23. The standard InChI is InChI=1S/C15H20N4/c1-10-3-2-4-11(10)8-17-15-13-7-12(16)5-6-14(13)18-9-19-15/h5-7,9-11H,2-4,8,16H2,1H3,(H,17,18,19). The van der Waals surface area contributed by atoms with E-state index in [2.05, 4.69) is 22.2 Å². The van der Waals surface area contributed by atoms with Gasteiger partial charge >= 0.3 is 0 Å². The first-order valence-corrected chi connectivity index (χ1v) is 6.98. The second kappa shape index (κ2) is 5.03. The van der Waals surface area contributed by atoms with Crippen molar-refractivity contribution in [1.82, 2.24) is 9.97 Å². The van der Waals surface area contributed by atoms with Gasteiger partial charge in [0.2, 0.25) is 0 Å². The minimum Gasteiger partial charge on any atom is -0.399 e. The zero-order valence-electron chi connectivity index (χ0n) is 11.3. The Balaban J connectivity index is 1.82. The molecule has 4 nitrogen and oxygen atoms in total. The highest BCUT2D eigenvalue weighted by Crippen LogP contribution is 2.31. The maximum atomic E-state index is 5.85. The van der Waals surface area contributed by atoms with E-state index in [0.717, 1.165) is 40.8 Å². The van der Waals surface area contributed by atoms with E-state index in [1.165, 1.54) is 19.3 Å². The number of hydrogen-bond acceptors (Lipinski definition) is 4. The highest BCUT2D eigenvalue weighted by molar-refractivity contribution is 5.91. The van der Waals surface area contributed by atoms with E-state index in [9.17, 15) is 0 Å². The molecule has 0 spiro atoms. The van der Waals surface area contributed by atoms with E-state index in [1.54, 1.807) is 6.33 Å². The van der Waals surface area contributed by atoms with Crippen molar-refractivity contribution >= 4 is 22.4 Å². The first-order chi connectivity index (χ1) is 9.24. The molecule has 0 bridgehead atoms. The average Bonchev–Trinajstić information content (AvgIpc) is 2.82. The summed E-state index contributed by atoms with van der Waals surface area (Å²) >= 11 is 0. The molecule has 1 aliphatic carbocycles. The van der Waals surface area contributed by atoms with Gasteiger partial charge in [-0.25, -0.2) is 9.97 Å². The molecule has 1 heterocycles. The largest absolute Gasteiger partial charge is 0.399 e. The number of nitrogen functional groups attached to an aromatic ring is 1. The molecule has 2 unspecified atom stereocenters. The van der Waals surface area contributed by atoms with Crippen molar-refractivity contribution in [2.75, 3.05) is 17.6 Å². The Kier molecular flexibility index (Phi) is 3.23. The second-order valence-electron chi connectivity index (χ2n) is 5.55. The van der Waals surface area contributed by atoms with Crippen LogP contribution in [-0.4, -0.2) is 16.5 Å². The maximum Gasteiger partial charge on any atom is 0.137 e. The van der Waals surface area contributed by atoms with E-state index in [-0.39, 0.29) is 0 Å². The van der Waals surface area contributed by atoms with Crippen LogP contribution in [0.5, 0.6) is 0 Å². The quantitative estimate of drug-likeness (QED) is 0.828. The van der Waals surface area contributed by atoms with Gasteiger partial charge < -0.3 is 11.1 Å². The second-order valence-corrected chi connectivity index (χ2v) is 5.55. The minimum absolute atomic E-state index is 0.750. The molecule has 4 heteroatoms. The number of aromatic nitrogens is 2. The lowest BCUT2D eigenvalue weighted by Gasteiger charge is -2.17. The smallest absolute Gasteiger partial charge is 0.137 e. The van der Waals surface area contributed by atoms with E-state index < -0.39 is 0 Å². The molecule has 1 aromatic heterocycles. The Morgan fingerprint density at radius 2 is 2.21 bits per heavy atom. The Morgan fingerprint density at radius 1 is 1.32 bits per heavy atom. The van der Waals surface area contributed by atoms with Crippen molar-refractivity contribution < 1.29 is 0 Å². The van der Waals surface area contributed by atoms with E-state index in [1.807, 2.05) is 18.2 Å². The lowest BCUT2D eigenvalue weighted by atomic mass is 9.98. The van der Waals surface area contributed by atoms with E-state index in [0.29, 0.717) is 0 Å². The summed E-state index contributed by atoms with van der Waals surface area (Å²) in [4.78, 5) is 8.63. The number of rotatable bonds is 3. The van der Waals surface area contributed by atoms with Crippen LogP contribution in [0, 0.1) is 11.8 Å². The molecule has 0 amide bonds. The van der Waals surface area contributed by atoms with Gasteiger partial charge in [-0.1, -0.05) is 19.8 Å². The van der Waals surface area contributed by atoms with Gasteiger partial charge in [-0.15, -0.1) is 0 Å². The predicted molar refractivity (Wildman–Crippen MR) is 78.9 cm³/mol. The first-order valence-electron chi connectivity index (χ1n) is 6.98. The van der Waals surface area contributed by atoms with Gasteiger partial charge in [0, 0.05) is 17.6 Å². The summed E-state index contributed by atoms with van der Waals surface area (Å²) in [6.07, 6.45) is 5.63. The summed E-state index contributed by atoms with van der Waals surface area (Å²) in [7, 11) is 0. The van der Waals surface area contributed by atoms with E-state index >= 15 is 0 Å². The predicted octanol–water partition coefficient (Wildman–Crippen LogP) is 3.06. The van der Waals surface area contributed by atoms with E-state index in [4.69, 9.17) is 5.73 Å². The number of fused-ring (bicyclic) bond motifs is 1. The molecule has 2 atom stereocenters. The molecule has 2 aromatic rings. The average molecular weight is 256 g/mol. The fourth-order valence-corrected chi connectivity index (χ4v) is 2.97. The first kappa shape index (κ1) is 12.2. The zero-order chi connectivity index (χ0) is 13.2. The minimum atomic E-state index is 0.750. The summed E-state index contributed by atoms with van der Waals surface area (Å²) in [5.74, 6) is 2.47. The van der Waals surface area contributed by atoms with Crippen molar-refractivity contribution in [3.05, 3.63) is 24.5 Å². The van der Waals surface area contributed by atoms with Crippen molar-refractivity contribution in [1.29, 1.82) is 0 Å². The van der Waals surface area contributed by atoms with Gasteiger partial charge in [0.25, 0.3) is 0 Å². The molecular formula is C15H20N4. The van der Waals surface area contributed by atoms with Crippen LogP contribution in [0.25, 0.3) is 10.9 Å². The van der Waals surface area contributed by atoms with Crippen molar-refractivity contribution in [3.8, 4) is 0 Å². The monoisotopic (exact) mass is 256 g/mol. The molecule has 1 saturated carbocycles. The highest BCUT2D eigenvalue weighted by atomic mass is 15.0. The van der Waals surface area contributed by atoms with Gasteiger partial charge in [-0.2, -0.15) is 0 Å². The fraction of sp³-hybridized carbons (Fsp3) is 0.467. The Hall–Kier alpha value is -1.84. The fourth-order valence-electron chi connectivity index (χ4n) is 2.97. The van der Waals surface area contributed by atoms with Crippen LogP contribution in [-0.2, 0) is 0 Å². The molecule has 0 saturated heterocycles. The van der Waals surface area contributed by atoms with Crippen LogP contribution in [0.15, 0.2) is 24.5 Å². The number of nitrogens with two attached hydrogens (primary N) is 1. The number of nitrogens with one attached hydrogen (secondary N) is 1. The van der Waals surface area contributed by atoms with Crippen LogP contribution in [0.4, 0.5) is 11.5 Å². The Bertz CT molecular complexity index is 581. The number of benzene rings is 1. The maximum absolute atomic E-state index is 5.85. The summed E-state index contributed by atoms with van der Waals surface area (Å²) < 4.78 is 0.